The molecule has 0 atom stereocenters. The molecule has 0 amide bonds. The molecule has 2 aromatic rings. The van der Waals surface area contributed by atoms with Crippen molar-refractivity contribution in [2.75, 3.05) is 5.75 Å². The number of aryl methyl sites for hydroxylation is 1. The van der Waals surface area contributed by atoms with Gasteiger partial charge in [0.25, 0.3) is 0 Å². The fourth-order valence-corrected chi connectivity index (χ4v) is 3.99. The van der Waals surface area contributed by atoms with Crippen LogP contribution in [0, 0.1) is 0 Å². The Morgan fingerprint density at radius 2 is 1.74 bits per heavy atom. The Morgan fingerprint density at radius 1 is 1.05 bits per heavy atom. The fourth-order valence-electron chi connectivity index (χ4n) is 1.78. The summed E-state index contributed by atoms with van der Waals surface area (Å²) in [5, 5.41) is 10.9. The van der Waals surface area contributed by atoms with Crippen molar-refractivity contribution in [2.24, 2.45) is 0 Å². The molecule has 0 fully saturated rings. The molecule has 0 aliphatic rings. The molecule has 0 saturated heterocycles. The van der Waals surface area contributed by atoms with E-state index >= 15 is 0 Å². The number of thiophene rings is 1. The molecule has 1 aromatic carbocycles. The van der Waals surface area contributed by atoms with Gasteiger partial charge in [0, 0.05) is 4.88 Å². The number of rotatable bonds is 6. The Bertz CT molecular complexity index is 599. The third-order valence-corrected chi connectivity index (χ3v) is 5.37. The first kappa shape index (κ1) is 14.2. The van der Waals surface area contributed by atoms with E-state index in [4.69, 9.17) is 5.11 Å². The summed E-state index contributed by atoms with van der Waals surface area (Å²) >= 11 is 1.58. The fraction of sp³-hybridized carbons (Fsp3) is 0.286. The maximum Gasteiger partial charge on any atom is 0.154 e. The lowest BCUT2D eigenvalue weighted by molar-refractivity contribution is 0.282. The van der Waals surface area contributed by atoms with Crippen LogP contribution in [0.1, 0.15) is 16.0 Å². The largest absolute Gasteiger partial charge is 0.392 e. The molecule has 5 heteroatoms. The van der Waals surface area contributed by atoms with E-state index in [-0.39, 0.29) is 18.1 Å². The van der Waals surface area contributed by atoms with Crippen LogP contribution in [0.5, 0.6) is 0 Å². The quantitative estimate of drug-likeness (QED) is 0.890. The van der Waals surface area contributed by atoms with Crippen LogP contribution in [0.25, 0.3) is 0 Å². The van der Waals surface area contributed by atoms with Gasteiger partial charge in [0.1, 0.15) is 0 Å². The molecule has 3 nitrogen and oxygen atoms in total. The molecule has 0 radical (unpaired) electrons. The minimum Gasteiger partial charge on any atom is -0.392 e. The SMILES string of the molecule is O=S(=O)(CCc1cccs1)Cc1ccc(CO)cc1. The summed E-state index contributed by atoms with van der Waals surface area (Å²) in [7, 11) is -3.09. The van der Waals surface area contributed by atoms with Crippen LogP contribution >= 0.6 is 11.3 Å². The standard InChI is InChI=1S/C14H16O3S2/c15-10-12-3-5-13(6-4-12)11-19(16,17)9-7-14-2-1-8-18-14/h1-6,8,15H,7,9-11H2. The zero-order valence-electron chi connectivity index (χ0n) is 10.5. The van der Waals surface area contributed by atoms with Crippen LogP contribution in [0.3, 0.4) is 0 Å². The molecular formula is C14H16O3S2. The zero-order valence-corrected chi connectivity index (χ0v) is 12.1. The van der Waals surface area contributed by atoms with Crippen LogP contribution in [-0.4, -0.2) is 19.3 Å². The van der Waals surface area contributed by atoms with Crippen molar-refractivity contribution in [3.63, 3.8) is 0 Å². The molecule has 1 heterocycles. The first-order chi connectivity index (χ1) is 9.09. The molecule has 0 aliphatic heterocycles. The lowest BCUT2D eigenvalue weighted by Gasteiger charge is -2.04. The Kier molecular flexibility index (Phi) is 4.74. The Hall–Kier alpha value is -1.17. The van der Waals surface area contributed by atoms with Gasteiger partial charge >= 0.3 is 0 Å². The monoisotopic (exact) mass is 296 g/mol. The van der Waals surface area contributed by atoms with Gasteiger partial charge in [-0.2, -0.15) is 0 Å². The molecule has 0 unspecified atom stereocenters. The van der Waals surface area contributed by atoms with Gasteiger partial charge in [-0.25, -0.2) is 8.42 Å². The first-order valence-electron chi connectivity index (χ1n) is 6.00. The van der Waals surface area contributed by atoms with Crippen molar-refractivity contribution in [1.82, 2.24) is 0 Å². The predicted molar refractivity (Wildman–Crippen MR) is 77.9 cm³/mol. The minimum absolute atomic E-state index is 0.0224. The van der Waals surface area contributed by atoms with Crippen LogP contribution in [-0.2, 0) is 28.6 Å². The summed E-state index contributed by atoms with van der Waals surface area (Å²) in [6, 6.07) is 10.9. The maximum absolute atomic E-state index is 12.0. The van der Waals surface area contributed by atoms with E-state index in [1.54, 1.807) is 35.6 Å². The van der Waals surface area contributed by atoms with Gasteiger partial charge in [-0.15, -0.1) is 11.3 Å². The molecule has 1 aromatic heterocycles. The van der Waals surface area contributed by atoms with Crippen LogP contribution in [0.4, 0.5) is 0 Å². The second-order valence-corrected chi connectivity index (χ2v) is 7.61. The van der Waals surface area contributed by atoms with Crippen molar-refractivity contribution >= 4 is 21.2 Å². The molecule has 0 saturated carbocycles. The maximum atomic E-state index is 12.0. The summed E-state index contributed by atoms with van der Waals surface area (Å²) in [4.78, 5) is 1.10. The lowest BCUT2D eigenvalue weighted by Crippen LogP contribution is -2.11. The van der Waals surface area contributed by atoms with Gasteiger partial charge in [0.05, 0.1) is 18.1 Å². The number of aliphatic hydroxyl groups excluding tert-OH is 1. The van der Waals surface area contributed by atoms with E-state index in [2.05, 4.69) is 0 Å². The van der Waals surface area contributed by atoms with Gasteiger partial charge < -0.3 is 5.11 Å². The lowest BCUT2D eigenvalue weighted by atomic mass is 10.2. The van der Waals surface area contributed by atoms with E-state index in [0.717, 1.165) is 16.0 Å². The van der Waals surface area contributed by atoms with Gasteiger partial charge in [-0.05, 0) is 29.0 Å². The predicted octanol–water partition coefficient (Wildman–Crippen LogP) is 2.40. The van der Waals surface area contributed by atoms with Gasteiger partial charge in [0.15, 0.2) is 9.84 Å². The highest BCUT2D eigenvalue weighted by atomic mass is 32.2. The van der Waals surface area contributed by atoms with E-state index in [9.17, 15) is 8.42 Å². The molecule has 2 rings (SSSR count). The summed E-state index contributed by atoms with van der Waals surface area (Å²) in [6.45, 7) is -0.0224. The van der Waals surface area contributed by atoms with Crippen molar-refractivity contribution in [2.45, 2.75) is 18.8 Å². The third-order valence-electron chi connectivity index (χ3n) is 2.83. The summed E-state index contributed by atoms with van der Waals surface area (Å²) in [6.07, 6.45) is 0.578. The number of benzene rings is 1. The van der Waals surface area contributed by atoms with Crippen molar-refractivity contribution < 1.29 is 13.5 Å². The third kappa shape index (κ3) is 4.45. The van der Waals surface area contributed by atoms with E-state index in [1.165, 1.54) is 0 Å². The minimum atomic E-state index is -3.09. The molecule has 0 bridgehead atoms. The molecule has 0 aliphatic carbocycles. The van der Waals surface area contributed by atoms with Crippen LogP contribution in [0.2, 0.25) is 0 Å². The van der Waals surface area contributed by atoms with Crippen molar-refractivity contribution in [3.8, 4) is 0 Å². The second-order valence-electron chi connectivity index (χ2n) is 4.40. The Morgan fingerprint density at radius 3 is 2.32 bits per heavy atom. The second kappa shape index (κ2) is 6.32. The van der Waals surface area contributed by atoms with E-state index in [1.807, 2.05) is 17.5 Å². The van der Waals surface area contributed by atoms with Gasteiger partial charge in [0.2, 0.25) is 0 Å². The first-order valence-corrected chi connectivity index (χ1v) is 8.71. The molecule has 1 N–H and O–H groups in total. The number of aliphatic hydroxyl groups is 1. The van der Waals surface area contributed by atoms with Crippen LogP contribution < -0.4 is 0 Å². The highest BCUT2D eigenvalue weighted by molar-refractivity contribution is 7.90. The average Bonchev–Trinajstić information content (AvgIpc) is 2.90. The zero-order chi connectivity index (χ0) is 13.7. The number of sulfone groups is 1. The molecule has 19 heavy (non-hydrogen) atoms. The number of hydrogen-bond donors (Lipinski definition) is 1. The van der Waals surface area contributed by atoms with Crippen molar-refractivity contribution in [1.29, 1.82) is 0 Å². The van der Waals surface area contributed by atoms with Gasteiger partial charge in [-0.3, -0.25) is 0 Å². The summed E-state index contributed by atoms with van der Waals surface area (Å²) < 4.78 is 24.0. The average molecular weight is 296 g/mol. The normalized spacial score (nSPS) is 11.6. The molecular weight excluding hydrogens is 280 g/mol. The van der Waals surface area contributed by atoms with Crippen molar-refractivity contribution in [3.05, 3.63) is 57.8 Å². The summed E-state index contributed by atoms with van der Waals surface area (Å²) in [5.74, 6) is 0.235. The number of hydrogen-bond acceptors (Lipinski definition) is 4. The van der Waals surface area contributed by atoms with E-state index in [0.29, 0.717) is 6.42 Å². The van der Waals surface area contributed by atoms with Gasteiger partial charge in [-0.1, -0.05) is 30.3 Å². The smallest absolute Gasteiger partial charge is 0.154 e. The Balaban J connectivity index is 1.96. The Labute approximate surface area is 117 Å². The molecule has 0 spiro atoms. The van der Waals surface area contributed by atoms with E-state index < -0.39 is 9.84 Å². The van der Waals surface area contributed by atoms with Crippen LogP contribution in [0.15, 0.2) is 41.8 Å². The highest BCUT2D eigenvalue weighted by Crippen LogP contribution is 2.13. The molecule has 102 valence electrons. The summed E-state index contributed by atoms with van der Waals surface area (Å²) in [5.41, 5.74) is 1.56. The highest BCUT2D eigenvalue weighted by Gasteiger charge is 2.12. The topological polar surface area (TPSA) is 54.4 Å².